The van der Waals surface area contributed by atoms with Crippen molar-refractivity contribution >= 4 is 40.6 Å². The summed E-state index contributed by atoms with van der Waals surface area (Å²) in [4.78, 5) is 24.7. The Balaban J connectivity index is 1.94. The van der Waals surface area contributed by atoms with Crippen LogP contribution in [0.3, 0.4) is 0 Å². The highest BCUT2D eigenvalue weighted by molar-refractivity contribution is 6.33. The van der Waals surface area contributed by atoms with E-state index in [1.807, 2.05) is 0 Å². The van der Waals surface area contributed by atoms with E-state index in [0.29, 0.717) is 33.5 Å². The van der Waals surface area contributed by atoms with E-state index < -0.39 is 6.03 Å². The summed E-state index contributed by atoms with van der Waals surface area (Å²) in [5.41, 5.74) is 2.10. The lowest BCUT2D eigenvalue weighted by atomic mass is 10.1. The van der Waals surface area contributed by atoms with Crippen LogP contribution in [0.1, 0.15) is 0 Å². The van der Waals surface area contributed by atoms with Gasteiger partial charge in [0.1, 0.15) is 5.69 Å². The molecular weight excluding hydrogens is 394 g/mol. The predicted molar refractivity (Wildman–Crippen MR) is 113 cm³/mol. The second kappa shape index (κ2) is 8.21. The predicted octanol–water partition coefficient (Wildman–Crippen LogP) is 3.44. The van der Waals surface area contributed by atoms with E-state index in [9.17, 15) is 9.59 Å². The Labute approximate surface area is 172 Å². The van der Waals surface area contributed by atoms with Gasteiger partial charge in [0.05, 0.1) is 36.1 Å². The van der Waals surface area contributed by atoms with Gasteiger partial charge in [0.25, 0.3) is 0 Å². The molecule has 0 bridgehead atoms. The van der Waals surface area contributed by atoms with Gasteiger partial charge in [-0.1, -0.05) is 30.3 Å². The summed E-state index contributed by atoms with van der Waals surface area (Å²) in [7, 11) is 3.47. The molecule has 3 aromatic rings. The molecule has 0 fully saturated rings. The molecule has 2 aromatic carbocycles. The maximum absolute atomic E-state index is 12.5. The number of amides is 3. The molecule has 0 saturated heterocycles. The molecule has 0 radical (unpaired) electrons. The molecule has 29 heavy (non-hydrogen) atoms. The summed E-state index contributed by atoms with van der Waals surface area (Å²) in [6.07, 6.45) is 1.26. The van der Waals surface area contributed by atoms with Crippen LogP contribution in [0.2, 0.25) is 5.02 Å². The molecule has 1 heterocycles. The van der Waals surface area contributed by atoms with Crippen LogP contribution in [0, 0.1) is 0 Å². The van der Waals surface area contributed by atoms with E-state index in [1.165, 1.54) is 6.08 Å². The fraction of sp³-hybridized carbons (Fsp3) is 0.105. The highest BCUT2D eigenvalue weighted by Gasteiger charge is 2.28. The first kappa shape index (κ1) is 20.2. The lowest BCUT2D eigenvalue weighted by Crippen LogP contribution is -2.45. The minimum Gasteiger partial charge on any atom is -0.307 e. The van der Waals surface area contributed by atoms with Gasteiger partial charge in [-0.25, -0.2) is 19.2 Å². The Morgan fingerprint density at radius 1 is 1.14 bits per heavy atom. The quantitative estimate of drug-likeness (QED) is 0.439. The van der Waals surface area contributed by atoms with Crippen LogP contribution in [-0.4, -0.2) is 46.7 Å². The molecule has 10 heteroatoms. The third-order valence-corrected chi connectivity index (χ3v) is 4.67. The Bertz CT molecular complexity index is 1060. The second-order valence-corrected chi connectivity index (χ2v) is 6.94. The number of hydrogen-bond acceptors (Lipinski definition) is 5. The maximum atomic E-state index is 12.5. The number of benzene rings is 2. The van der Waals surface area contributed by atoms with E-state index in [-0.39, 0.29) is 10.4 Å². The van der Waals surface area contributed by atoms with E-state index in [2.05, 4.69) is 37.8 Å². The first-order valence-corrected chi connectivity index (χ1v) is 8.93. The number of urea groups is 1. The molecule has 3 N–H and O–H groups in total. The van der Waals surface area contributed by atoms with Crippen LogP contribution in [-0.2, 0) is 4.79 Å². The number of hydrogen-bond donors (Lipinski definition) is 3. The molecule has 3 amide bonds. The molecule has 148 valence electrons. The van der Waals surface area contributed by atoms with Crippen molar-refractivity contribution in [1.29, 1.82) is 0 Å². The number of aromatic amines is 1. The van der Waals surface area contributed by atoms with E-state index in [4.69, 9.17) is 11.6 Å². The van der Waals surface area contributed by atoms with Crippen molar-refractivity contribution in [3.63, 3.8) is 0 Å². The van der Waals surface area contributed by atoms with Crippen LogP contribution >= 0.6 is 11.6 Å². The standard InChI is InChI=1S/C19H18ClN7O2/c1-4-17(28)27(2,3)12-9-10-15(13(11-12)18-23-25-26-24-18)21-19(29)22-16-8-6-5-7-14(16)20/h4-11H,1H2,2-3H3,(H2-,21,22,23,24,25,26,29)/p+1. The number of likely N-dealkylation sites (N-methyl/N-ethyl adjacent to an activating group) is 1. The number of quaternary nitrogens is 1. The Morgan fingerprint density at radius 3 is 2.52 bits per heavy atom. The molecule has 3 rings (SSSR count). The monoisotopic (exact) mass is 412 g/mol. The molecule has 0 atom stereocenters. The molecule has 0 unspecified atom stereocenters. The van der Waals surface area contributed by atoms with Crippen LogP contribution in [0.4, 0.5) is 21.9 Å². The van der Waals surface area contributed by atoms with Crippen LogP contribution in [0.15, 0.2) is 55.1 Å². The zero-order chi connectivity index (χ0) is 21.0. The molecule has 9 nitrogen and oxygen atoms in total. The van der Waals surface area contributed by atoms with Crippen LogP contribution in [0.25, 0.3) is 11.4 Å². The van der Waals surface area contributed by atoms with Gasteiger partial charge in [0, 0.05) is 18.2 Å². The Kier molecular flexibility index (Phi) is 5.71. The summed E-state index contributed by atoms with van der Waals surface area (Å²) in [5, 5.41) is 19.6. The van der Waals surface area contributed by atoms with E-state index in [0.717, 1.165) is 0 Å². The van der Waals surface area contributed by atoms with Gasteiger partial charge in [-0.3, -0.25) is 0 Å². The third kappa shape index (κ3) is 4.31. The summed E-state index contributed by atoms with van der Waals surface area (Å²) in [6, 6.07) is 11.5. The zero-order valence-electron chi connectivity index (χ0n) is 15.8. The molecule has 0 aliphatic heterocycles. The number of para-hydroxylation sites is 1. The fourth-order valence-electron chi connectivity index (χ4n) is 2.65. The normalized spacial score (nSPS) is 11.0. The summed E-state index contributed by atoms with van der Waals surface area (Å²) < 4.78 is -0.0653. The first-order valence-electron chi connectivity index (χ1n) is 8.55. The van der Waals surface area contributed by atoms with Crippen LogP contribution in [0.5, 0.6) is 0 Å². The summed E-state index contributed by atoms with van der Waals surface area (Å²) in [6.45, 7) is 3.55. The van der Waals surface area contributed by atoms with Gasteiger partial charge in [-0.2, -0.15) is 0 Å². The number of tetrazole rings is 1. The minimum atomic E-state index is -0.490. The van der Waals surface area contributed by atoms with E-state index in [1.54, 1.807) is 56.6 Å². The average Bonchev–Trinajstić information content (AvgIpc) is 3.23. The highest BCUT2D eigenvalue weighted by atomic mass is 35.5. The number of carbonyl (C=O) groups excluding carboxylic acids is 2. The van der Waals surface area contributed by atoms with Crippen molar-refractivity contribution in [3.8, 4) is 11.4 Å². The topological polar surface area (TPSA) is 113 Å². The highest BCUT2D eigenvalue weighted by Crippen LogP contribution is 2.32. The Hall–Kier alpha value is -3.56. The van der Waals surface area contributed by atoms with Crippen molar-refractivity contribution in [2.75, 3.05) is 24.7 Å². The molecule has 1 aromatic heterocycles. The van der Waals surface area contributed by atoms with Gasteiger partial charge in [0.2, 0.25) is 0 Å². The van der Waals surface area contributed by atoms with Crippen molar-refractivity contribution in [2.45, 2.75) is 0 Å². The number of carbonyl (C=O) groups is 2. The third-order valence-electron chi connectivity index (χ3n) is 4.34. The summed E-state index contributed by atoms with van der Waals surface area (Å²) in [5.74, 6) is 0.148. The van der Waals surface area contributed by atoms with Gasteiger partial charge in [0.15, 0.2) is 5.82 Å². The van der Waals surface area contributed by atoms with E-state index >= 15 is 0 Å². The Morgan fingerprint density at radius 2 is 1.86 bits per heavy atom. The lowest BCUT2D eigenvalue weighted by Gasteiger charge is -2.25. The lowest BCUT2D eigenvalue weighted by molar-refractivity contribution is -0.123. The maximum Gasteiger partial charge on any atom is 0.342 e. The second-order valence-electron chi connectivity index (χ2n) is 6.53. The zero-order valence-corrected chi connectivity index (χ0v) is 16.6. The number of aromatic nitrogens is 4. The molecule has 0 saturated carbocycles. The number of halogens is 1. The summed E-state index contributed by atoms with van der Waals surface area (Å²) >= 11 is 6.08. The number of nitrogens with one attached hydrogen (secondary N) is 3. The fourth-order valence-corrected chi connectivity index (χ4v) is 2.84. The molecular formula is C19H19ClN7O2+. The van der Waals surface area contributed by atoms with Gasteiger partial charge in [-0.15, -0.1) is 5.10 Å². The van der Waals surface area contributed by atoms with Crippen LogP contribution < -0.4 is 15.1 Å². The first-order chi connectivity index (χ1) is 13.8. The number of H-pyrrole nitrogens is 1. The molecule has 0 spiro atoms. The van der Waals surface area contributed by atoms with Gasteiger partial charge >= 0.3 is 11.9 Å². The van der Waals surface area contributed by atoms with Crippen molar-refractivity contribution < 1.29 is 9.59 Å². The minimum absolute atomic E-state index is 0.0653. The number of nitrogens with zero attached hydrogens (tertiary/aromatic N) is 4. The SMILES string of the molecule is C=CC(=O)[N+](C)(C)c1ccc(NC(=O)Nc2ccccc2Cl)c(-c2nnn[nH]2)c1. The van der Waals surface area contributed by atoms with Crippen molar-refractivity contribution in [1.82, 2.24) is 25.1 Å². The number of anilines is 2. The largest absolute Gasteiger partial charge is 0.342 e. The molecule has 0 aliphatic rings. The van der Waals surface area contributed by atoms with Gasteiger partial charge in [-0.05, 0) is 28.6 Å². The van der Waals surface area contributed by atoms with Gasteiger partial charge < -0.3 is 10.6 Å². The van der Waals surface area contributed by atoms with Crippen molar-refractivity contribution in [3.05, 3.63) is 60.1 Å². The molecule has 0 aliphatic carbocycles. The average molecular weight is 413 g/mol. The van der Waals surface area contributed by atoms with Crippen molar-refractivity contribution in [2.24, 2.45) is 0 Å². The smallest absolute Gasteiger partial charge is 0.307 e. The number of rotatable bonds is 5.